The van der Waals surface area contributed by atoms with E-state index in [1.807, 2.05) is 0 Å². The highest BCUT2D eigenvalue weighted by Gasteiger charge is 3.00. The van der Waals surface area contributed by atoms with Crippen LogP contribution >= 0.6 is 0 Å². The lowest BCUT2D eigenvalue weighted by Gasteiger charge is -2.43. The van der Waals surface area contributed by atoms with Crippen LogP contribution in [0.25, 0.3) is 0 Å². The van der Waals surface area contributed by atoms with Gasteiger partial charge in [-0.3, -0.25) is 0 Å². The second kappa shape index (κ2) is 4.36. The molecule has 0 bridgehead atoms. The molecule has 0 nitrogen and oxygen atoms in total. The lowest BCUT2D eigenvalue weighted by atomic mass is 9.80. The normalized spacial score (nSPS) is 32.3. The quantitative estimate of drug-likeness (QED) is 0.362. The Hall–Kier alpha value is -1.38. The molecule has 0 unspecified atom stereocenters. The summed E-state index contributed by atoms with van der Waals surface area (Å²) in [5.41, 5.74) is -17.1. The van der Waals surface area contributed by atoms with Crippen LogP contribution in [0, 0.1) is 0 Å². The van der Waals surface area contributed by atoms with Crippen molar-refractivity contribution >= 4 is 0 Å². The van der Waals surface area contributed by atoms with E-state index in [0.717, 1.165) is 0 Å². The second-order valence-electron chi connectivity index (χ2n) is 5.35. The SMILES string of the molecule is FC(F)(F)C1(F)C(F)(F)C2=C(C(F)(F)C(F)(F)C(F)(F)C2(F)F)C1(F)F. The molecule has 26 heavy (non-hydrogen) atoms. The molecule has 0 N–H and O–H groups in total. The molecule has 0 aromatic carbocycles. The van der Waals surface area contributed by atoms with Gasteiger partial charge in [0.1, 0.15) is 0 Å². The molecule has 2 aliphatic rings. The Morgan fingerprint density at radius 1 is 0.423 bits per heavy atom. The van der Waals surface area contributed by atoms with Crippen LogP contribution in [0.3, 0.4) is 0 Å². The summed E-state index contributed by atoms with van der Waals surface area (Å²) in [6.45, 7) is 0. The molecule has 0 heterocycles. The summed E-state index contributed by atoms with van der Waals surface area (Å²) in [6, 6.07) is 0. The Labute approximate surface area is 130 Å². The van der Waals surface area contributed by atoms with Crippen LogP contribution in [0.5, 0.6) is 0 Å². The van der Waals surface area contributed by atoms with E-state index in [1.54, 1.807) is 0 Å². The van der Waals surface area contributed by atoms with Gasteiger partial charge < -0.3 is 0 Å². The Bertz CT molecular complexity index is 628. The largest absolute Gasteiger partial charge is 0.435 e. The van der Waals surface area contributed by atoms with Crippen LogP contribution in [-0.4, -0.2) is 47.4 Å². The van der Waals surface area contributed by atoms with E-state index in [4.69, 9.17) is 0 Å². The standard InChI is InChI=1S/C10F16/c11-3(12)1-2(4(13,14)7(3,19)10(24,25)26)6(17,18)9(22,23)8(20,21)5(1,15)16. The summed E-state index contributed by atoms with van der Waals surface area (Å²) < 4.78 is 211. The number of alkyl halides is 16. The molecule has 0 saturated heterocycles. The molecule has 152 valence electrons. The fraction of sp³-hybridized carbons (Fsp3) is 0.800. The first kappa shape index (κ1) is 20.9. The Kier molecular flexibility index (Phi) is 3.51. The molecule has 16 heteroatoms. The third kappa shape index (κ3) is 1.63. The number of hydrogen-bond donors (Lipinski definition) is 0. The predicted octanol–water partition coefficient (Wildman–Crippen LogP) is 5.39. The molecule has 0 fully saturated rings. The monoisotopic (exact) mass is 424 g/mol. The van der Waals surface area contributed by atoms with Crippen molar-refractivity contribution in [3.05, 3.63) is 11.1 Å². The molecule has 0 aliphatic heterocycles. The molecule has 2 aliphatic carbocycles. The van der Waals surface area contributed by atoms with E-state index in [1.165, 1.54) is 0 Å². The first-order valence-electron chi connectivity index (χ1n) is 5.77. The van der Waals surface area contributed by atoms with Gasteiger partial charge in [0, 0.05) is 0 Å². The van der Waals surface area contributed by atoms with Crippen molar-refractivity contribution in [1.82, 2.24) is 0 Å². The van der Waals surface area contributed by atoms with Crippen molar-refractivity contribution in [1.29, 1.82) is 0 Å². The third-order valence-electron chi connectivity index (χ3n) is 3.94. The Morgan fingerprint density at radius 3 is 0.846 bits per heavy atom. The molecular formula is C10F16. The second-order valence-corrected chi connectivity index (χ2v) is 5.35. The van der Waals surface area contributed by atoms with Crippen LogP contribution in [-0.2, 0) is 0 Å². The number of hydrogen-bond acceptors (Lipinski definition) is 0. The Balaban J connectivity index is 3.09. The van der Waals surface area contributed by atoms with E-state index in [-0.39, 0.29) is 0 Å². The summed E-state index contributed by atoms with van der Waals surface area (Å²) in [6.07, 6.45) is -7.60. The zero-order valence-electron chi connectivity index (χ0n) is 11.0. The molecule has 0 spiro atoms. The zero-order chi connectivity index (χ0) is 21.2. The van der Waals surface area contributed by atoms with Crippen molar-refractivity contribution < 1.29 is 70.2 Å². The molecule has 2 rings (SSSR count). The minimum Gasteiger partial charge on any atom is -0.219 e. The van der Waals surface area contributed by atoms with Gasteiger partial charge in [-0.2, -0.15) is 65.9 Å². The number of halogens is 16. The van der Waals surface area contributed by atoms with Crippen molar-refractivity contribution in [2.24, 2.45) is 0 Å². The fourth-order valence-electron chi connectivity index (χ4n) is 2.63. The maximum absolute atomic E-state index is 13.6. The summed E-state index contributed by atoms with van der Waals surface area (Å²) in [4.78, 5) is 0. The van der Waals surface area contributed by atoms with Gasteiger partial charge in [0.05, 0.1) is 11.1 Å². The maximum Gasteiger partial charge on any atom is 0.435 e. The van der Waals surface area contributed by atoms with Gasteiger partial charge in [0.2, 0.25) is 0 Å². The minimum atomic E-state index is -7.61. The van der Waals surface area contributed by atoms with Crippen molar-refractivity contribution in [3.8, 4) is 0 Å². The average molecular weight is 424 g/mol. The molecule has 0 aromatic rings. The predicted molar refractivity (Wildman–Crippen MR) is 46.6 cm³/mol. The summed E-state index contributed by atoms with van der Waals surface area (Å²) in [7, 11) is 0. The smallest absolute Gasteiger partial charge is 0.219 e. The van der Waals surface area contributed by atoms with Crippen LogP contribution in [0.15, 0.2) is 11.1 Å². The number of allylic oxidation sites excluding steroid dienone is 2. The van der Waals surface area contributed by atoms with E-state index in [9.17, 15) is 70.2 Å². The van der Waals surface area contributed by atoms with Crippen LogP contribution in [0.2, 0.25) is 0 Å². The Morgan fingerprint density at radius 2 is 0.654 bits per heavy atom. The van der Waals surface area contributed by atoms with Crippen LogP contribution in [0.4, 0.5) is 70.2 Å². The third-order valence-corrected chi connectivity index (χ3v) is 3.94. The highest BCUT2D eigenvalue weighted by atomic mass is 19.4. The van der Waals surface area contributed by atoms with Crippen molar-refractivity contribution in [2.75, 3.05) is 0 Å². The minimum absolute atomic E-state index is 4.74. The van der Waals surface area contributed by atoms with E-state index in [0.29, 0.717) is 0 Å². The van der Waals surface area contributed by atoms with Crippen LogP contribution in [0.1, 0.15) is 0 Å². The summed E-state index contributed by atoms with van der Waals surface area (Å²) in [5.74, 6) is -44.7. The highest BCUT2D eigenvalue weighted by molar-refractivity contribution is 5.55. The first-order chi connectivity index (χ1) is 11.0. The molecule has 0 amide bonds. The van der Waals surface area contributed by atoms with E-state index < -0.39 is 58.5 Å². The van der Waals surface area contributed by atoms with Gasteiger partial charge in [0.15, 0.2) is 0 Å². The lowest BCUT2D eigenvalue weighted by Crippen LogP contribution is -2.68. The summed E-state index contributed by atoms with van der Waals surface area (Å²) in [5, 5.41) is 0. The lowest BCUT2D eigenvalue weighted by molar-refractivity contribution is -0.364. The first-order valence-corrected chi connectivity index (χ1v) is 5.77. The van der Waals surface area contributed by atoms with Gasteiger partial charge in [0.25, 0.3) is 0 Å². The zero-order valence-corrected chi connectivity index (χ0v) is 11.0. The topological polar surface area (TPSA) is 0 Å². The molecule has 0 radical (unpaired) electrons. The highest BCUT2D eigenvalue weighted by Crippen LogP contribution is 2.75. The van der Waals surface area contributed by atoms with Gasteiger partial charge >= 0.3 is 47.4 Å². The van der Waals surface area contributed by atoms with Gasteiger partial charge in [-0.25, -0.2) is 4.39 Å². The van der Waals surface area contributed by atoms with Gasteiger partial charge in [-0.1, -0.05) is 0 Å². The maximum atomic E-state index is 13.6. The number of rotatable bonds is 0. The summed E-state index contributed by atoms with van der Waals surface area (Å²) >= 11 is 0. The van der Waals surface area contributed by atoms with Gasteiger partial charge in [-0.05, 0) is 0 Å². The molecule has 0 aromatic heterocycles. The van der Waals surface area contributed by atoms with Crippen molar-refractivity contribution in [2.45, 2.75) is 47.4 Å². The molecular weight excluding hydrogens is 424 g/mol. The van der Waals surface area contributed by atoms with E-state index >= 15 is 0 Å². The van der Waals surface area contributed by atoms with E-state index in [2.05, 4.69) is 0 Å². The molecule has 0 saturated carbocycles. The average Bonchev–Trinajstić information content (AvgIpc) is 2.52. The fourth-order valence-corrected chi connectivity index (χ4v) is 2.63. The van der Waals surface area contributed by atoms with Crippen LogP contribution < -0.4 is 0 Å². The van der Waals surface area contributed by atoms with Crippen molar-refractivity contribution in [3.63, 3.8) is 0 Å². The molecule has 0 atom stereocenters. The van der Waals surface area contributed by atoms with Gasteiger partial charge in [-0.15, -0.1) is 0 Å².